The van der Waals surface area contributed by atoms with Crippen LogP contribution in [-0.2, 0) is 0 Å². The number of ether oxygens (including phenoxy) is 2. The monoisotopic (exact) mass is 204 g/mol. The first-order valence-electron chi connectivity index (χ1n) is 4.42. The number of benzene rings is 1. The predicted octanol–water partition coefficient (Wildman–Crippen LogP) is 2.23. The van der Waals surface area contributed by atoms with Crippen molar-refractivity contribution in [1.29, 1.82) is 0 Å². The second kappa shape index (κ2) is 5.68. The van der Waals surface area contributed by atoms with Crippen LogP contribution in [0.3, 0.4) is 0 Å². The molecule has 1 aromatic rings. The third-order valence-electron chi connectivity index (χ3n) is 1.81. The lowest BCUT2D eigenvalue weighted by Crippen LogP contribution is -1.99. The van der Waals surface area contributed by atoms with E-state index in [1.807, 2.05) is 0 Å². The highest BCUT2D eigenvalue weighted by Gasteiger charge is 2.08. The van der Waals surface area contributed by atoms with E-state index in [1.165, 1.54) is 7.11 Å². The zero-order chi connectivity index (χ0) is 11.1. The summed E-state index contributed by atoms with van der Waals surface area (Å²) in [5.41, 5.74) is 3.05. The summed E-state index contributed by atoms with van der Waals surface area (Å²) in [5, 5.41) is 0. The molecule has 0 radical (unpaired) electrons. The molecule has 0 amide bonds. The highest BCUT2D eigenvalue weighted by molar-refractivity contribution is 5.81. The first-order valence-corrected chi connectivity index (χ1v) is 4.42. The van der Waals surface area contributed by atoms with E-state index in [9.17, 15) is 4.79 Å². The van der Waals surface area contributed by atoms with Gasteiger partial charge in [0.15, 0.2) is 17.8 Å². The Hall–Kier alpha value is -1.99. The Morgan fingerprint density at radius 1 is 1.53 bits per heavy atom. The number of hydrogen-bond donors (Lipinski definition) is 0. The number of para-hydroxylation sites is 1. The first-order chi connectivity index (χ1) is 7.33. The molecule has 0 heterocycles. The Bertz CT molecular complexity index is 390. The third kappa shape index (κ3) is 2.73. The normalized spacial score (nSPS) is 8.87. The average molecular weight is 204 g/mol. The Labute approximate surface area is 88.6 Å². The van der Waals surface area contributed by atoms with E-state index in [0.29, 0.717) is 23.7 Å². The van der Waals surface area contributed by atoms with E-state index >= 15 is 0 Å². The molecular weight excluding hydrogens is 192 g/mol. The SMILES string of the molecule is C=C=CCOc1c(C=O)cccc1OC. The molecule has 78 valence electrons. The molecule has 0 aliphatic rings. The number of hydrogen-bond acceptors (Lipinski definition) is 3. The van der Waals surface area contributed by atoms with Gasteiger partial charge in [-0.1, -0.05) is 12.6 Å². The van der Waals surface area contributed by atoms with Gasteiger partial charge in [-0.2, -0.15) is 0 Å². The van der Waals surface area contributed by atoms with E-state index in [4.69, 9.17) is 9.47 Å². The molecule has 0 unspecified atom stereocenters. The molecule has 0 N–H and O–H groups in total. The zero-order valence-corrected chi connectivity index (χ0v) is 8.53. The minimum absolute atomic E-state index is 0.310. The van der Waals surface area contributed by atoms with Gasteiger partial charge in [0.05, 0.1) is 12.7 Å². The summed E-state index contributed by atoms with van der Waals surface area (Å²) in [5.74, 6) is 0.985. The first kappa shape index (κ1) is 11.1. The Morgan fingerprint density at radius 3 is 2.93 bits per heavy atom. The fraction of sp³-hybridized carbons (Fsp3) is 0.167. The van der Waals surface area contributed by atoms with E-state index in [1.54, 1.807) is 24.3 Å². The van der Waals surface area contributed by atoms with Crippen molar-refractivity contribution in [2.24, 2.45) is 0 Å². The van der Waals surface area contributed by atoms with Gasteiger partial charge in [-0.05, 0) is 18.2 Å². The number of carbonyl (C=O) groups is 1. The zero-order valence-electron chi connectivity index (χ0n) is 8.53. The molecule has 0 fully saturated rings. The molecule has 3 heteroatoms. The maximum Gasteiger partial charge on any atom is 0.172 e. The van der Waals surface area contributed by atoms with Crippen LogP contribution in [0, 0.1) is 0 Å². The van der Waals surface area contributed by atoms with Gasteiger partial charge in [0, 0.05) is 0 Å². The van der Waals surface area contributed by atoms with Crippen molar-refractivity contribution in [2.75, 3.05) is 13.7 Å². The molecule has 3 nitrogen and oxygen atoms in total. The van der Waals surface area contributed by atoms with Gasteiger partial charge in [0.25, 0.3) is 0 Å². The highest BCUT2D eigenvalue weighted by Crippen LogP contribution is 2.29. The van der Waals surface area contributed by atoms with Crippen LogP contribution in [0.15, 0.2) is 36.6 Å². The Morgan fingerprint density at radius 2 is 2.33 bits per heavy atom. The van der Waals surface area contributed by atoms with Crippen molar-refractivity contribution in [2.45, 2.75) is 0 Å². The van der Waals surface area contributed by atoms with Crippen LogP contribution in [0.5, 0.6) is 11.5 Å². The van der Waals surface area contributed by atoms with Gasteiger partial charge in [0.1, 0.15) is 6.61 Å². The van der Waals surface area contributed by atoms with Crippen LogP contribution >= 0.6 is 0 Å². The molecule has 1 rings (SSSR count). The molecule has 0 spiro atoms. The van der Waals surface area contributed by atoms with Crippen LogP contribution in [-0.4, -0.2) is 20.0 Å². The molecule has 0 aromatic heterocycles. The number of methoxy groups -OCH3 is 1. The van der Waals surface area contributed by atoms with Crippen molar-refractivity contribution in [3.63, 3.8) is 0 Å². The van der Waals surface area contributed by atoms with Crippen LogP contribution in [0.1, 0.15) is 10.4 Å². The van der Waals surface area contributed by atoms with Crippen molar-refractivity contribution < 1.29 is 14.3 Å². The molecule has 0 bridgehead atoms. The van der Waals surface area contributed by atoms with Crippen LogP contribution in [0.25, 0.3) is 0 Å². The second-order valence-corrected chi connectivity index (χ2v) is 2.72. The minimum atomic E-state index is 0.310. The fourth-order valence-corrected chi connectivity index (χ4v) is 1.12. The molecule has 0 saturated carbocycles. The predicted molar refractivity (Wildman–Crippen MR) is 57.6 cm³/mol. The smallest absolute Gasteiger partial charge is 0.172 e. The topological polar surface area (TPSA) is 35.5 Å². The average Bonchev–Trinajstić information content (AvgIpc) is 2.29. The Kier molecular flexibility index (Phi) is 4.20. The Balaban J connectivity index is 2.99. The van der Waals surface area contributed by atoms with Crippen molar-refractivity contribution >= 4 is 6.29 Å². The van der Waals surface area contributed by atoms with E-state index < -0.39 is 0 Å². The van der Waals surface area contributed by atoms with Crippen LogP contribution < -0.4 is 9.47 Å². The van der Waals surface area contributed by atoms with Gasteiger partial charge in [-0.3, -0.25) is 4.79 Å². The number of carbonyl (C=O) groups excluding carboxylic acids is 1. The molecular formula is C12H12O3. The summed E-state index contributed by atoms with van der Waals surface area (Å²) < 4.78 is 10.5. The molecule has 1 aromatic carbocycles. The van der Waals surface area contributed by atoms with Gasteiger partial charge >= 0.3 is 0 Å². The fourth-order valence-electron chi connectivity index (χ4n) is 1.12. The summed E-state index contributed by atoms with van der Waals surface area (Å²) in [6, 6.07) is 5.14. The number of rotatable bonds is 5. The van der Waals surface area contributed by atoms with E-state index in [-0.39, 0.29) is 0 Å². The summed E-state index contributed by atoms with van der Waals surface area (Å²) in [7, 11) is 1.53. The standard InChI is InChI=1S/C12H12O3/c1-3-4-8-15-12-10(9-13)6-5-7-11(12)14-2/h4-7,9H,1,8H2,2H3. The minimum Gasteiger partial charge on any atom is -0.493 e. The summed E-state index contributed by atoms with van der Waals surface area (Å²) >= 11 is 0. The third-order valence-corrected chi connectivity index (χ3v) is 1.81. The van der Waals surface area contributed by atoms with Crippen molar-refractivity contribution in [1.82, 2.24) is 0 Å². The van der Waals surface area contributed by atoms with E-state index in [2.05, 4.69) is 12.3 Å². The van der Waals surface area contributed by atoms with Gasteiger partial charge < -0.3 is 9.47 Å². The van der Waals surface area contributed by atoms with Crippen LogP contribution in [0.4, 0.5) is 0 Å². The van der Waals surface area contributed by atoms with Gasteiger partial charge in [-0.15, -0.1) is 5.73 Å². The maximum atomic E-state index is 10.8. The van der Waals surface area contributed by atoms with Crippen LogP contribution in [0.2, 0.25) is 0 Å². The summed E-state index contributed by atoms with van der Waals surface area (Å²) in [6.45, 7) is 3.73. The van der Waals surface area contributed by atoms with Crippen molar-refractivity contribution in [3.05, 3.63) is 42.1 Å². The molecule has 0 aliphatic heterocycles. The quantitative estimate of drug-likeness (QED) is 0.545. The lowest BCUT2D eigenvalue weighted by atomic mass is 10.2. The molecule has 0 atom stereocenters. The largest absolute Gasteiger partial charge is 0.493 e. The van der Waals surface area contributed by atoms with Gasteiger partial charge in [0.2, 0.25) is 0 Å². The molecule has 0 saturated heterocycles. The summed E-state index contributed by atoms with van der Waals surface area (Å²) in [6.07, 6.45) is 2.36. The molecule has 0 aliphatic carbocycles. The summed E-state index contributed by atoms with van der Waals surface area (Å²) in [4.78, 5) is 10.8. The lowest BCUT2D eigenvalue weighted by molar-refractivity contribution is 0.111. The van der Waals surface area contributed by atoms with Crippen molar-refractivity contribution in [3.8, 4) is 11.5 Å². The molecule has 15 heavy (non-hydrogen) atoms. The maximum absolute atomic E-state index is 10.8. The van der Waals surface area contributed by atoms with E-state index in [0.717, 1.165) is 6.29 Å². The number of aldehydes is 1. The van der Waals surface area contributed by atoms with Gasteiger partial charge in [-0.25, -0.2) is 0 Å². The second-order valence-electron chi connectivity index (χ2n) is 2.72. The lowest BCUT2D eigenvalue weighted by Gasteiger charge is -2.10. The highest BCUT2D eigenvalue weighted by atomic mass is 16.5.